The summed E-state index contributed by atoms with van der Waals surface area (Å²) in [6.45, 7) is 0.581. The van der Waals surface area contributed by atoms with Gasteiger partial charge in [0, 0.05) is 31.4 Å². The maximum atomic E-state index is 12.6. The predicted octanol–water partition coefficient (Wildman–Crippen LogP) is 4.00. The summed E-state index contributed by atoms with van der Waals surface area (Å²) in [5.74, 6) is 0.776. The number of alkyl halides is 1. The smallest absolute Gasteiger partial charge is 0.233 e. The number of rotatable bonds is 3. The highest BCUT2D eigenvalue weighted by Crippen LogP contribution is 2.36. The van der Waals surface area contributed by atoms with E-state index in [9.17, 15) is 4.79 Å². The summed E-state index contributed by atoms with van der Waals surface area (Å²) in [6.07, 6.45) is 7.81. The van der Waals surface area contributed by atoms with Crippen LogP contribution in [0.3, 0.4) is 0 Å². The number of carbonyl (C=O) groups excluding carboxylic acids is 1. The first-order chi connectivity index (χ1) is 11.6. The third-order valence-electron chi connectivity index (χ3n) is 4.47. The molecule has 0 N–H and O–H groups in total. The Kier molecular flexibility index (Phi) is 5.24. The Morgan fingerprint density at radius 1 is 1.33 bits per heavy atom. The number of amides is 1. The van der Waals surface area contributed by atoms with Crippen LogP contribution in [0.5, 0.6) is 0 Å². The van der Waals surface area contributed by atoms with Crippen LogP contribution in [0.1, 0.15) is 17.5 Å². The molecule has 3 nitrogen and oxygen atoms in total. The third-order valence-corrected chi connectivity index (χ3v) is 4.93. The molecule has 3 rings (SSSR count). The van der Waals surface area contributed by atoms with Crippen LogP contribution in [0.2, 0.25) is 0 Å². The van der Waals surface area contributed by atoms with Crippen molar-refractivity contribution in [3.63, 3.8) is 0 Å². The number of allylic oxidation sites excluding steroid dienone is 3. The van der Waals surface area contributed by atoms with Gasteiger partial charge in [-0.05, 0) is 29.2 Å². The molecule has 1 amide bonds. The lowest BCUT2D eigenvalue weighted by Gasteiger charge is -2.26. The molecule has 1 aromatic rings. The fourth-order valence-corrected chi connectivity index (χ4v) is 3.44. The zero-order chi connectivity index (χ0) is 17.1. The molecule has 1 aromatic carbocycles. The van der Waals surface area contributed by atoms with Crippen molar-refractivity contribution in [2.24, 2.45) is 5.92 Å². The van der Waals surface area contributed by atoms with Gasteiger partial charge in [-0.3, -0.25) is 4.79 Å². The van der Waals surface area contributed by atoms with Crippen molar-refractivity contribution in [1.82, 2.24) is 4.90 Å². The van der Waals surface area contributed by atoms with Gasteiger partial charge in [-0.1, -0.05) is 52.3 Å². The number of halogens is 1. The van der Waals surface area contributed by atoms with E-state index in [4.69, 9.17) is 4.74 Å². The highest BCUT2D eigenvalue weighted by atomic mass is 79.9. The van der Waals surface area contributed by atoms with Gasteiger partial charge in [-0.2, -0.15) is 0 Å². The molecule has 1 heterocycles. The molecular weight excluding hydrogens is 366 g/mol. The minimum Gasteiger partial charge on any atom is -0.489 e. The summed E-state index contributed by atoms with van der Waals surface area (Å²) in [5.41, 5.74) is 4.72. The summed E-state index contributed by atoms with van der Waals surface area (Å²) in [4.78, 5) is 14.3. The van der Waals surface area contributed by atoms with Gasteiger partial charge in [0.15, 0.2) is 0 Å². The largest absolute Gasteiger partial charge is 0.489 e. The Hall–Kier alpha value is -1.81. The molecule has 0 saturated carbocycles. The molecule has 1 aliphatic carbocycles. The summed E-state index contributed by atoms with van der Waals surface area (Å²) in [6, 6.07) is 8.37. The van der Waals surface area contributed by atoms with Gasteiger partial charge in [0.25, 0.3) is 0 Å². The zero-order valence-corrected chi connectivity index (χ0v) is 15.7. The topological polar surface area (TPSA) is 29.5 Å². The molecule has 1 unspecified atom stereocenters. The molecule has 24 heavy (non-hydrogen) atoms. The molecule has 0 fully saturated rings. The number of fused-ring (bicyclic) bond motifs is 1. The lowest BCUT2D eigenvalue weighted by atomic mass is 9.82. The van der Waals surface area contributed by atoms with Crippen LogP contribution >= 0.6 is 15.9 Å². The predicted molar refractivity (Wildman–Crippen MR) is 99.8 cm³/mol. The number of hydrogen-bond donors (Lipinski definition) is 0. The Morgan fingerprint density at radius 2 is 2.08 bits per heavy atom. The second-order valence-corrected chi connectivity index (χ2v) is 7.08. The van der Waals surface area contributed by atoms with Gasteiger partial charge < -0.3 is 9.64 Å². The molecule has 1 atom stereocenters. The molecule has 4 heteroatoms. The van der Waals surface area contributed by atoms with Crippen molar-refractivity contribution in [1.29, 1.82) is 0 Å². The van der Waals surface area contributed by atoms with E-state index in [0.29, 0.717) is 6.61 Å². The van der Waals surface area contributed by atoms with Crippen LogP contribution in [0.4, 0.5) is 0 Å². The Morgan fingerprint density at radius 3 is 2.79 bits per heavy atom. The summed E-state index contributed by atoms with van der Waals surface area (Å²) < 4.78 is 6.05. The number of benzene rings is 1. The second-order valence-electron chi connectivity index (χ2n) is 6.28. The summed E-state index contributed by atoms with van der Waals surface area (Å²) >= 11 is 3.49. The van der Waals surface area contributed by atoms with Crippen molar-refractivity contribution in [3.8, 4) is 0 Å². The first-order valence-corrected chi connectivity index (χ1v) is 9.32. The number of nitrogens with zero attached hydrogens (tertiary/aromatic N) is 1. The molecule has 0 spiro atoms. The van der Waals surface area contributed by atoms with Crippen LogP contribution in [-0.2, 0) is 22.6 Å². The van der Waals surface area contributed by atoms with Crippen LogP contribution in [0, 0.1) is 5.92 Å². The molecule has 2 aliphatic rings. The average molecular weight is 388 g/mol. The highest BCUT2D eigenvalue weighted by Gasteiger charge is 2.30. The Labute approximate surface area is 151 Å². The van der Waals surface area contributed by atoms with Gasteiger partial charge in [0.1, 0.15) is 12.4 Å². The quantitative estimate of drug-likeness (QED) is 0.733. The monoisotopic (exact) mass is 387 g/mol. The lowest BCUT2D eigenvalue weighted by molar-refractivity contribution is -0.130. The fraction of sp³-hybridized carbons (Fsp3) is 0.350. The third kappa shape index (κ3) is 3.34. The van der Waals surface area contributed by atoms with E-state index in [1.165, 1.54) is 11.1 Å². The van der Waals surface area contributed by atoms with Crippen LogP contribution in [0.25, 0.3) is 0 Å². The van der Waals surface area contributed by atoms with E-state index in [-0.39, 0.29) is 11.8 Å². The molecule has 126 valence electrons. The van der Waals surface area contributed by atoms with Crippen LogP contribution in [0.15, 0.2) is 59.4 Å². The van der Waals surface area contributed by atoms with Gasteiger partial charge in [0.2, 0.25) is 5.91 Å². The summed E-state index contributed by atoms with van der Waals surface area (Å²) in [5, 5.41) is 0.878. The Balaban J connectivity index is 2.02. The van der Waals surface area contributed by atoms with E-state index in [1.54, 1.807) is 19.0 Å². The average Bonchev–Trinajstić information content (AvgIpc) is 2.78. The first kappa shape index (κ1) is 17.0. The zero-order valence-electron chi connectivity index (χ0n) is 14.1. The minimum absolute atomic E-state index is 0.108. The normalized spacial score (nSPS) is 21.0. The van der Waals surface area contributed by atoms with E-state index in [0.717, 1.165) is 35.1 Å². The molecule has 0 saturated heterocycles. The molecular formula is C20H22BrNO2. The molecule has 1 aliphatic heterocycles. The molecule has 0 aromatic heterocycles. The van der Waals surface area contributed by atoms with Crippen molar-refractivity contribution in [2.75, 3.05) is 19.4 Å². The van der Waals surface area contributed by atoms with Crippen molar-refractivity contribution in [3.05, 3.63) is 70.5 Å². The van der Waals surface area contributed by atoms with Crippen LogP contribution in [-0.4, -0.2) is 30.2 Å². The standard InChI is InChI=1S/C20H22BrNO2/c1-22(2)20(23)17-9-10-19-18(16(17)8-5-11-21)12-14-6-3-4-7-15(14)13-24-19/h3-4,6-10,17H,5,11-13H2,1-2H3. The number of carbonyl (C=O) groups is 1. The highest BCUT2D eigenvalue weighted by molar-refractivity contribution is 9.09. The first-order valence-electron chi connectivity index (χ1n) is 8.20. The van der Waals surface area contributed by atoms with Crippen LogP contribution < -0.4 is 0 Å². The fourth-order valence-electron chi connectivity index (χ4n) is 3.21. The van der Waals surface area contributed by atoms with Gasteiger partial charge >= 0.3 is 0 Å². The van der Waals surface area contributed by atoms with Crippen molar-refractivity contribution < 1.29 is 9.53 Å². The minimum atomic E-state index is -0.230. The maximum absolute atomic E-state index is 12.6. The summed E-state index contributed by atoms with van der Waals surface area (Å²) in [7, 11) is 3.61. The second kappa shape index (κ2) is 7.39. The van der Waals surface area contributed by atoms with Gasteiger partial charge in [-0.15, -0.1) is 0 Å². The van der Waals surface area contributed by atoms with E-state index in [1.807, 2.05) is 18.2 Å². The van der Waals surface area contributed by atoms with E-state index in [2.05, 4.69) is 40.2 Å². The lowest BCUT2D eigenvalue weighted by Crippen LogP contribution is -2.31. The molecule has 0 bridgehead atoms. The number of ether oxygens (including phenoxy) is 1. The SMILES string of the molecule is CN(C)C(=O)C1C=CC2=C(Cc3ccccc3CO2)C1=CCCBr. The maximum Gasteiger partial charge on any atom is 0.233 e. The van der Waals surface area contributed by atoms with Gasteiger partial charge in [0.05, 0.1) is 5.92 Å². The van der Waals surface area contributed by atoms with E-state index < -0.39 is 0 Å². The van der Waals surface area contributed by atoms with Gasteiger partial charge in [-0.25, -0.2) is 0 Å². The van der Waals surface area contributed by atoms with Crippen molar-refractivity contribution >= 4 is 21.8 Å². The molecule has 0 radical (unpaired) electrons. The van der Waals surface area contributed by atoms with E-state index >= 15 is 0 Å². The number of hydrogen-bond acceptors (Lipinski definition) is 2. The Bertz CT molecular complexity index is 731. The van der Waals surface area contributed by atoms with Crippen molar-refractivity contribution in [2.45, 2.75) is 19.4 Å².